The average molecular weight is 378 g/mol. The minimum Gasteiger partial charge on any atom is -0.548 e. The zero-order valence-corrected chi connectivity index (χ0v) is 14.5. The third-order valence-corrected chi connectivity index (χ3v) is 4.82. The van der Waals surface area contributed by atoms with Crippen molar-refractivity contribution in [3.05, 3.63) is 69.1 Å². The Kier molecular flexibility index (Phi) is 3.55. The van der Waals surface area contributed by atoms with E-state index in [4.69, 9.17) is 14.9 Å². The van der Waals surface area contributed by atoms with Crippen LogP contribution in [0.5, 0.6) is 5.75 Å². The standard InChI is InChI=1S/C19H13N3O6/c1-9-6-13-15(17(25)27-9)19(11(7-20)16(21)28-13)10-4-2-3-5-12(10)22(18(19)26)8-14(23)24/h2-6H,8,21H2,1H3,(H,23,24)/p-1/t19-/m0/s1. The fourth-order valence-corrected chi connectivity index (χ4v) is 3.84. The van der Waals surface area contributed by atoms with Crippen LogP contribution in [0, 0.1) is 18.3 Å². The highest BCUT2D eigenvalue weighted by Gasteiger charge is 2.60. The van der Waals surface area contributed by atoms with Crippen LogP contribution in [0.4, 0.5) is 5.69 Å². The van der Waals surface area contributed by atoms with Crippen LogP contribution in [0.25, 0.3) is 0 Å². The molecule has 0 unspecified atom stereocenters. The van der Waals surface area contributed by atoms with Gasteiger partial charge in [0, 0.05) is 17.3 Å². The molecule has 140 valence electrons. The predicted molar refractivity (Wildman–Crippen MR) is 91.8 cm³/mol. The van der Waals surface area contributed by atoms with Gasteiger partial charge in [-0.15, -0.1) is 0 Å². The first-order chi connectivity index (χ1) is 13.3. The van der Waals surface area contributed by atoms with Gasteiger partial charge in [0.15, 0.2) is 5.41 Å². The van der Waals surface area contributed by atoms with Gasteiger partial charge in [-0.3, -0.25) is 4.79 Å². The third-order valence-electron chi connectivity index (χ3n) is 4.82. The van der Waals surface area contributed by atoms with Gasteiger partial charge in [-0.25, -0.2) is 4.79 Å². The van der Waals surface area contributed by atoms with Gasteiger partial charge >= 0.3 is 5.63 Å². The summed E-state index contributed by atoms with van der Waals surface area (Å²) in [7, 11) is 0. The number of aryl methyl sites for hydroxylation is 1. The number of nitrogens with two attached hydrogens (primary N) is 1. The van der Waals surface area contributed by atoms with Crippen molar-refractivity contribution in [2.24, 2.45) is 5.73 Å². The fraction of sp³-hybridized carbons (Fsp3) is 0.158. The summed E-state index contributed by atoms with van der Waals surface area (Å²) < 4.78 is 10.6. The number of rotatable bonds is 2. The van der Waals surface area contributed by atoms with Crippen molar-refractivity contribution in [1.82, 2.24) is 0 Å². The number of benzene rings is 1. The second-order valence-corrected chi connectivity index (χ2v) is 6.37. The number of para-hydroxylation sites is 1. The van der Waals surface area contributed by atoms with Crippen LogP contribution in [-0.4, -0.2) is 18.4 Å². The summed E-state index contributed by atoms with van der Waals surface area (Å²) in [5, 5.41) is 21.0. The Balaban J connectivity index is 2.17. The summed E-state index contributed by atoms with van der Waals surface area (Å²) in [4.78, 5) is 38.5. The minimum atomic E-state index is -1.97. The Morgan fingerprint density at radius 1 is 1.36 bits per heavy atom. The topological polar surface area (TPSA) is 150 Å². The lowest BCUT2D eigenvalue weighted by Gasteiger charge is -2.33. The van der Waals surface area contributed by atoms with Crippen molar-refractivity contribution in [2.45, 2.75) is 12.3 Å². The van der Waals surface area contributed by atoms with Gasteiger partial charge in [-0.2, -0.15) is 5.26 Å². The Morgan fingerprint density at radius 3 is 2.75 bits per heavy atom. The molecule has 3 heterocycles. The monoisotopic (exact) mass is 378 g/mol. The number of anilines is 1. The SMILES string of the molecule is Cc1cc2c(c(=O)o1)[C@@]1(C(=O)N(CC(=O)[O-])c3ccccc31)C(C#N)=C(N)O2. The molecule has 1 aromatic heterocycles. The molecule has 2 aromatic rings. The molecule has 0 bridgehead atoms. The summed E-state index contributed by atoms with van der Waals surface area (Å²) in [6.07, 6.45) is 0. The van der Waals surface area contributed by atoms with Crippen molar-refractivity contribution >= 4 is 17.6 Å². The number of ether oxygens (including phenoxy) is 1. The Hall–Kier alpha value is -4.06. The maximum absolute atomic E-state index is 13.5. The highest BCUT2D eigenvalue weighted by Crippen LogP contribution is 2.53. The highest BCUT2D eigenvalue weighted by molar-refractivity contribution is 6.15. The zero-order chi connectivity index (χ0) is 20.2. The van der Waals surface area contributed by atoms with Gasteiger partial charge in [-0.1, -0.05) is 18.2 Å². The van der Waals surface area contributed by atoms with Crippen LogP contribution >= 0.6 is 0 Å². The lowest BCUT2D eigenvalue weighted by Crippen LogP contribution is -2.50. The number of carboxylic acids is 1. The zero-order valence-electron chi connectivity index (χ0n) is 14.5. The lowest BCUT2D eigenvalue weighted by molar-refractivity contribution is -0.303. The molecule has 0 radical (unpaired) electrons. The molecule has 1 amide bonds. The molecular formula is C19H12N3O6-. The number of nitriles is 1. The van der Waals surface area contributed by atoms with Crippen LogP contribution in [0.1, 0.15) is 16.9 Å². The second-order valence-electron chi connectivity index (χ2n) is 6.37. The molecule has 2 aliphatic heterocycles. The molecule has 2 aliphatic rings. The van der Waals surface area contributed by atoms with Crippen molar-refractivity contribution in [2.75, 3.05) is 11.4 Å². The van der Waals surface area contributed by atoms with E-state index in [1.54, 1.807) is 12.1 Å². The Morgan fingerprint density at radius 2 is 2.07 bits per heavy atom. The lowest BCUT2D eigenvalue weighted by atomic mass is 9.69. The van der Waals surface area contributed by atoms with E-state index in [0.717, 1.165) is 4.90 Å². The number of hydrogen-bond donors (Lipinski definition) is 1. The molecule has 1 spiro atoms. The third kappa shape index (κ3) is 2.02. The van der Waals surface area contributed by atoms with Crippen molar-refractivity contribution in [3.63, 3.8) is 0 Å². The molecule has 0 saturated heterocycles. The van der Waals surface area contributed by atoms with Crippen LogP contribution in [-0.2, 0) is 15.0 Å². The molecule has 2 N–H and O–H groups in total. The minimum absolute atomic E-state index is 0.0243. The number of carboxylic acid groups (broad SMARTS) is 1. The largest absolute Gasteiger partial charge is 0.548 e. The molecule has 0 saturated carbocycles. The van der Waals surface area contributed by atoms with E-state index >= 15 is 0 Å². The Labute approximate surface area is 157 Å². The number of fused-ring (bicyclic) bond motifs is 4. The molecule has 0 aliphatic carbocycles. The molecule has 0 fully saturated rings. The molecule has 1 aromatic carbocycles. The van der Waals surface area contributed by atoms with Crippen molar-refractivity contribution in [1.29, 1.82) is 5.26 Å². The quantitative estimate of drug-likeness (QED) is 0.729. The van der Waals surface area contributed by atoms with Gasteiger partial charge in [0.25, 0.3) is 0 Å². The van der Waals surface area contributed by atoms with Crippen LogP contribution in [0.15, 0.2) is 51.0 Å². The van der Waals surface area contributed by atoms with Crippen LogP contribution in [0.3, 0.4) is 0 Å². The predicted octanol–water partition coefficient (Wildman–Crippen LogP) is -0.583. The summed E-state index contributed by atoms with van der Waals surface area (Å²) in [6.45, 7) is 0.758. The second kappa shape index (κ2) is 5.72. The Bertz CT molecular complexity index is 1190. The van der Waals surface area contributed by atoms with E-state index in [-0.39, 0.29) is 39.8 Å². The van der Waals surface area contributed by atoms with E-state index in [2.05, 4.69) is 0 Å². The van der Waals surface area contributed by atoms with E-state index < -0.39 is 29.5 Å². The van der Waals surface area contributed by atoms with E-state index in [9.17, 15) is 24.8 Å². The number of carbonyl (C=O) groups is 2. The summed E-state index contributed by atoms with van der Waals surface area (Å²) in [6, 6.07) is 9.49. The van der Waals surface area contributed by atoms with Crippen molar-refractivity contribution in [3.8, 4) is 11.8 Å². The normalized spacial score (nSPS) is 19.9. The van der Waals surface area contributed by atoms with Gasteiger partial charge in [0.05, 0.1) is 12.5 Å². The maximum atomic E-state index is 13.5. The van der Waals surface area contributed by atoms with Crippen LogP contribution in [0.2, 0.25) is 0 Å². The molecule has 28 heavy (non-hydrogen) atoms. The van der Waals surface area contributed by atoms with Crippen LogP contribution < -0.4 is 26.1 Å². The van der Waals surface area contributed by atoms with E-state index in [0.29, 0.717) is 0 Å². The van der Waals surface area contributed by atoms with E-state index in [1.807, 2.05) is 6.07 Å². The van der Waals surface area contributed by atoms with Gasteiger partial charge < -0.3 is 29.7 Å². The number of nitrogens with zero attached hydrogens (tertiary/aromatic N) is 2. The number of carbonyl (C=O) groups excluding carboxylic acids is 2. The molecule has 4 rings (SSSR count). The first kappa shape index (κ1) is 17.4. The van der Waals surface area contributed by atoms with E-state index in [1.165, 1.54) is 25.1 Å². The molecule has 9 nitrogen and oxygen atoms in total. The number of hydrogen-bond acceptors (Lipinski definition) is 8. The highest BCUT2D eigenvalue weighted by atomic mass is 16.5. The number of aliphatic carboxylic acids is 1. The number of amides is 1. The molecular weight excluding hydrogens is 366 g/mol. The molecule has 9 heteroatoms. The first-order valence-corrected chi connectivity index (χ1v) is 8.17. The van der Waals surface area contributed by atoms with Gasteiger partial charge in [0.2, 0.25) is 11.8 Å². The summed E-state index contributed by atoms with van der Waals surface area (Å²) in [5.74, 6) is -2.48. The average Bonchev–Trinajstić information content (AvgIpc) is 2.85. The maximum Gasteiger partial charge on any atom is 0.344 e. The summed E-state index contributed by atoms with van der Waals surface area (Å²) in [5.41, 5.74) is 3.02. The fourth-order valence-electron chi connectivity index (χ4n) is 3.84. The molecule has 1 atom stereocenters. The summed E-state index contributed by atoms with van der Waals surface area (Å²) >= 11 is 0. The van der Waals surface area contributed by atoms with Gasteiger partial charge in [0.1, 0.15) is 28.7 Å². The van der Waals surface area contributed by atoms with Crippen molar-refractivity contribution < 1.29 is 23.8 Å². The smallest absolute Gasteiger partial charge is 0.344 e. The first-order valence-electron chi connectivity index (χ1n) is 8.17. The van der Waals surface area contributed by atoms with Gasteiger partial charge in [-0.05, 0) is 13.0 Å².